The molecule has 1 aliphatic heterocycles. The molecular formula is C17H16O3. The molecule has 3 nitrogen and oxygen atoms in total. The van der Waals surface area contributed by atoms with Crippen LogP contribution in [0.4, 0.5) is 0 Å². The summed E-state index contributed by atoms with van der Waals surface area (Å²) in [6, 6.07) is 12.8. The van der Waals surface area contributed by atoms with Gasteiger partial charge in [0.2, 0.25) is 0 Å². The minimum absolute atomic E-state index is 0.00622. The number of carbonyl (C=O) groups is 1. The Kier molecular flexibility index (Phi) is 3.18. The summed E-state index contributed by atoms with van der Waals surface area (Å²) in [5, 5.41) is 9.44. The number of aromatic hydroxyl groups is 1. The first kappa shape index (κ1) is 12.7. The van der Waals surface area contributed by atoms with Crippen LogP contribution in [0.5, 0.6) is 11.5 Å². The Morgan fingerprint density at radius 2 is 1.95 bits per heavy atom. The summed E-state index contributed by atoms with van der Waals surface area (Å²) in [6.07, 6.45) is 1.06. The molecule has 1 unspecified atom stereocenters. The van der Waals surface area contributed by atoms with Gasteiger partial charge in [0.05, 0.1) is 12.0 Å². The summed E-state index contributed by atoms with van der Waals surface area (Å²) >= 11 is 0. The smallest absolute Gasteiger partial charge is 0.170 e. The van der Waals surface area contributed by atoms with Gasteiger partial charge in [-0.1, -0.05) is 31.2 Å². The van der Waals surface area contributed by atoms with Crippen LogP contribution in [0.1, 0.15) is 40.9 Å². The highest BCUT2D eigenvalue weighted by Gasteiger charge is 2.27. The molecule has 0 saturated carbocycles. The summed E-state index contributed by atoms with van der Waals surface area (Å²) < 4.78 is 5.88. The van der Waals surface area contributed by atoms with Crippen LogP contribution in [-0.2, 0) is 6.42 Å². The molecule has 0 spiro atoms. The number of Topliss-reactive ketones (excluding diaryl/α,β-unsaturated/α-hetero) is 1. The number of ether oxygens (including phenoxy) is 1. The molecule has 0 aliphatic carbocycles. The highest BCUT2D eigenvalue weighted by atomic mass is 16.5. The second-order valence-corrected chi connectivity index (χ2v) is 5.01. The van der Waals surface area contributed by atoms with Gasteiger partial charge in [-0.15, -0.1) is 0 Å². The number of aryl methyl sites for hydroxylation is 1. The molecule has 0 bridgehead atoms. The zero-order valence-corrected chi connectivity index (χ0v) is 11.3. The molecule has 1 heterocycles. The van der Waals surface area contributed by atoms with Gasteiger partial charge in [0, 0.05) is 0 Å². The van der Waals surface area contributed by atoms with Crippen LogP contribution in [0.3, 0.4) is 0 Å². The number of phenols is 1. The van der Waals surface area contributed by atoms with Crippen molar-refractivity contribution >= 4 is 5.78 Å². The summed E-state index contributed by atoms with van der Waals surface area (Å²) in [6.45, 7) is 2.11. The van der Waals surface area contributed by atoms with Gasteiger partial charge in [-0.05, 0) is 35.7 Å². The molecular weight excluding hydrogens is 252 g/mol. The largest absolute Gasteiger partial charge is 0.508 e. The molecule has 1 aliphatic rings. The summed E-state index contributed by atoms with van der Waals surface area (Å²) in [5.41, 5.74) is 2.74. The fraction of sp³-hybridized carbons (Fsp3) is 0.235. The number of hydrogen-bond acceptors (Lipinski definition) is 3. The minimum Gasteiger partial charge on any atom is -0.508 e. The number of carbonyl (C=O) groups excluding carboxylic acids is 1. The topological polar surface area (TPSA) is 46.5 Å². The third-order valence-electron chi connectivity index (χ3n) is 3.66. The Morgan fingerprint density at radius 1 is 1.20 bits per heavy atom. The predicted octanol–water partition coefficient (Wildman–Crippen LogP) is 3.66. The lowest BCUT2D eigenvalue weighted by atomic mass is 9.95. The van der Waals surface area contributed by atoms with Crippen LogP contribution in [0.25, 0.3) is 0 Å². The van der Waals surface area contributed by atoms with Crippen molar-refractivity contribution in [2.45, 2.75) is 25.9 Å². The lowest BCUT2D eigenvalue weighted by Gasteiger charge is -2.25. The number of benzene rings is 2. The Hall–Kier alpha value is -2.29. The molecule has 2 aromatic carbocycles. The third-order valence-corrected chi connectivity index (χ3v) is 3.66. The van der Waals surface area contributed by atoms with E-state index >= 15 is 0 Å². The van der Waals surface area contributed by atoms with E-state index in [0.29, 0.717) is 17.7 Å². The van der Waals surface area contributed by atoms with Gasteiger partial charge < -0.3 is 9.84 Å². The number of phenolic OH excluding ortho intramolecular Hbond substituents is 1. The van der Waals surface area contributed by atoms with Gasteiger partial charge in [0.15, 0.2) is 5.78 Å². The standard InChI is InChI=1S/C17H16O3/c1-2-11-3-5-12(6-4-11)17-10-15(19)14-9-13(18)7-8-16(14)20-17/h3-9,17-18H,2,10H2,1H3. The molecule has 1 atom stereocenters. The predicted molar refractivity (Wildman–Crippen MR) is 76.2 cm³/mol. The van der Waals surface area contributed by atoms with Crippen molar-refractivity contribution in [2.24, 2.45) is 0 Å². The quantitative estimate of drug-likeness (QED) is 0.904. The fourth-order valence-corrected chi connectivity index (χ4v) is 2.47. The molecule has 0 aromatic heterocycles. The van der Waals surface area contributed by atoms with E-state index in [0.717, 1.165) is 12.0 Å². The average Bonchev–Trinajstić information content (AvgIpc) is 2.48. The molecule has 102 valence electrons. The molecule has 0 fully saturated rings. The minimum atomic E-state index is -0.245. The summed E-state index contributed by atoms with van der Waals surface area (Å²) in [4.78, 5) is 12.2. The lowest BCUT2D eigenvalue weighted by Crippen LogP contribution is -2.20. The second kappa shape index (κ2) is 5.00. The van der Waals surface area contributed by atoms with Gasteiger partial charge in [-0.3, -0.25) is 4.79 Å². The van der Waals surface area contributed by atoms with Gasteiger partial charge >= 0.3 is 0 Å². The Bertz CT molecular complexity index is 644. The zero-order chi connectivity index (χ0) is 14.1. The molecule has 3 heteroatoms. The molecule has 0 amide bonds. The first-order valence-electron chi connectivity index (χ1n) is 6.79. The maximum Gasteiger partial charge on any atom is 0.170 e. The number of rotatable bonds is 2. The Labute approximate surface area is 117 Å². The van der Waals surface area contributed by atoms with E-state index in [1.54, 1.807) is 6.07 Å². The van der Waals surface area contributed by atoms with Crippen LogP contribution < -0.4 is 4.74 Å². The number of fused-ring (bicyclic) bond motifs is 1. The van der Waals surface area contributed by atoms with Crippen LogP contribution in [0.2, 0.25) is 0 Å². The van der Waals surface area contributed by atoms with Crippen LogP contribution in [0, 0.1) is 0 Å². The first-order valence-corrected chi connectivity index (χ1v) is 6.79. The zero-order valence-electron chi connectivity index (χ0n) is 11.3. The molecule has 0 saturated heterocycles. The molecule has 1 N–H and O–H groups in total. The van der Waals surface area contributed by atoms with Crippen molar-refractivity contribution in [3.8, 4) is 11.5 Å². The van der Waals surface area contributed by atoms with Crippen molar-refractivity contribution < 1.29 is 14.6 Å². The lowest BCUT2D eigenvalue weighted by molar-refractivity contribution is 0.0849. The summed E-state index contributed by atoms with van der Waals surface area (Å²) in [7, 11) is 0. The first-order chi connectivity index (χ1) is 9.67. The number of ketones is 1. The van der Waals surface area contributed by atoms with Gasteiger partial charge in [0.25, 0.3) is 0 Å². The highest BCUT2D eigenvalue weighted by molar-refractivity contribution is 6.00. The fourth-order valence-electron chi connectivity index (χ4n) is 2.47. The maximum absolute atomic E-state index is 12.2. The van der Waals surface area contributed by atoms with Crippen molar-refractivity contribution in [3.05, 3.63) is 59.2 Å². The Morgan fingerprint density at radius 3 is 2.65 bits per heavy atom. The SMILES string of the molecule is CCc1ccc(C2CC(=O)c3cc(O)ccc3O2)cc1. The third kappa shape index (κ3) is 2.27. The normalized spacial score (nSPS) is 17.4. The van der Waals surface area contributed by atoms with Crippen LogP contribution in [0.15, 0.2) is 42.5 Å². The molecule has 3 rings (SSSR count). The van der Waals surface area contributed by atoms with Crippen LogP contribution in [-0.4, -0.2) is 10.9 Å². The van der Waals surface area contributed by atoms with E-state index in [2.05, 4.69) is 19.1 Å². The van der Waals surface area contributed by atoms with E-state index < -0.39 is 0 Å². The average molecular weight is 268 g/mol. The van der Waals surface area contributed by atoms with Crippen molar-refractivity contribution in [1.82, 2.24) is 0 Å². The van der Waals surface area contributed by atoms with Crippen LogP contribution >= 0.6 is 0 Å². The van der Waals surface area contributed by atoms with E-state index in [1.807, 2.05) is 12.1 Å². The van der Waals surface area contributed by atoms with E-state index in [9.17, 15) is 9.90 Å². The molecule has 0 radical (unpaired) electrons. The monoisotopic (exact) mass is 268 g/mol. The van der Waals surface area contributed by atoms with Crippen molar-refractivity contribution in [1.29, 1.82) is 0 Å². The van der Waals surface area contributed by atoms with Gasteiger partial charge in [-0.2, -0.15) is 0 Å². The highest BCUT2D eigenvalue weighted by Crippen LogP contribution is 2.36. The van der Waals surface area contributed by atoms with Crippen molar-refractivity contribution in [3.63, 3.8) is 0 Å². The molecule has 20 heavy (non-hydrogen) atoms. The number of hydrogen-bond donors (Lipinski definition) is 1. The summed E-state index contributed by atoms with van der Waals surface area (Å²) in [5.74, 6) is 0.641. The Balaban J connectivity index is 1.90. The van der Waals surface area contributed by atoms with E-state index in [-0.39, 0.29) is 17.6 Å². The van der Waals surface area contributed by atoms with Crippen molar-refractivity contribution in [2.75, 3.05) is 0 Å². The van der Waals surface area contributed by atoms with Gasteiger partial charge in [0.1, 0.15) is 17.6 Å². The van der Waals surface area contributed by atoms with E-state index in [1.165, 1.54) is 17.7 Å². The van der Waals surface area contributed by atoms with Gasteiger partial charge in [-0.25, -0.2) is 0 Å². The second-order valence-electron chi connectivity index (χ2n) is 5.01. The maximum atomic E-state index is 12.2. The van der Waals surface area contributed by atoms with E-state index in [4.69, 9.17) is 4.74 Å². The molecule has 2 aromatic rings.